The number of nitrogens with zero attached hydrogens (tertiary/aromatic N) is 1. The van der Waals surface area contributed by atoms with Gasteiger partial charge >= 0.3 is 6.03 Å². The second kappa shape index (κ2) is 8.81. The first-order chi connectivity index (χ1) is 15.5. The predicted molar refractivity (Wildman–Crippen MR) is 113 cm³/mol. The summed E-state index contributed by atoms with van der Waals surface area (Å²) in [5.41, 5.74) is -2.12. The SMILES string of the molecule is CC1(C[C@H](NC(=O)N2CCOCC2)C(=O)NC2(C(=O)C(=O)NC3CC3)CC(F)(F)C2)CCC1. The molecule has 4 aliphatic rings. The van der Waals surface area contributed by atoms with Crippen molar-refractivity contribution in [2.45, 2.75) is 81.8 Å². The molecule has 1 atom stereocenters. The van der Waals surface area contributed by atoms with E-state index in [1.165, 1.54) is 4.90 Å². The van der Waals surface area contributed by atoms with E-state index < -0.39 is 54.0 Å². The highest BCUT2D eigenvalue weighted by Gasteiger charge is 2.63. The zero-order chi connectivity index (χ0) is 23.9. The van der Waals surface area contributed by atoms with Crippen LogP contribution in [0.15, 0.2) is 0 Å². The molecule has 1 heterocycles. The van der Waals surface area contributed by atoms with Crippen LogP contribution in [0.4, 0.5) is 13.6 Å². The fraction of sp³-hybridized carbons (Fsp3) is 0.818. The van der Waals surface area contributed by atoms with Crippen LogP contribution < -0.4 is 16.0 Å². The van der Waals surface area contributed by atoms with E-state index >= 15 is 0 Å². The number of halogens is 2. The second-order valence-electron chi connectivity index (χ2n) is 10.3. The van der Waals surface area contributed by atoms with E-state index in [4.69, 9.17) is 4.74 Å². The highest BCUT2D eigenvalue weighted by Crippen LogP contribution is 2.47. The van der Waals surface area contributed by atoms with Crippen LogP contribution in [0.2, 0.25) is 0 Å². The zero-order valence-electron chi connectivity index (χ0n) is 18.9. The Morgan fingerprint density at radius 2 is 1.73 bits per heavy atom. The van der Waals surface area contributed by atoms with Gasteiger partial charge in [0, 0.05) is 32.0 Å². The first-order valence-electron chi connectivity index (χ1n) is 11.7. The van der Waals surface area contributed by atoms with Gasteiger partial charge in [0.15, 0.2) is 0 Å². The summed E-state index contributed by atoms with van der Waals surface area (Å²) < 4.78 is 32.9. The molecule has 0 aromatic rings. The number of hydrogen-bond acceptors (Lipinski definition) is 5. The number of morpholine rings is 1. The average Bonchev–Trinajstić information content (AvgIpc) is 3.54. The third-order valence-corrected chi connectivity index (χ3v) is 7.21. The Morgan fingerprint density at radius 3 is 2.24 bits per heavy atom. The Hall–Kier alpha value is -2.30. The van der Waals surface area contributed by atoms with Gasteiger partial charge in [0.05, 0.1) is 13.2 Å². The lowest BCUT2D eigenvalue weighted by atomic mass is 9.66. The highest BCUT2D eigenvalue weighted by atomic mass is 19.3. The van der Waals surface area contributed by atoms with E-state index in [1.807, 2.05) is 6.92 Å². The van der Waals surface area contributed by atoms with E-state index in [9.17, 15) is 28.0 Å². The average molecular weight is 471 g/mol. The molecular weight excluding hydrogens is 438 g/mol. The van der Waals surface area contributed by atoms with Crippen LogP contribution in [0.3, 0.4) is 0 Å². The molecule has 0 aromatic heterocycles. The molecule has 3 N–H and O–H groups in total. The Kier molecular flexibility index (Phi) is 6.36. The lowest BCUT2D eigenvalue weighted by Crippen LogP contribution is -2.71. The summed E-state index contributed by atoms with van der Waals surface area (Å²) in [6.07, 6.45) is 2.73. The quantitative estimate of drug-likeness (QED) is 0.460. The van der Waals surface area contributed by atoms with E-state index in [0.29, 0.717) is 32.7 Å². The van der Waals surface area contributed by atoms with Gasteiger partial charge < -0.3 is 25.6 Å². The lowest BCUT2D eigenvalue weighted by molar-refractivity contribution is -0.168. The van der Waals surface area contributed by atoms with Crippen molar-refractivity contribution in [3.63, 3.8) is 0 Å². The molecule has 0 aromatic carbocycles. The molecule has 0 radical (unpaired) electrons. The number of urea groups is 1. The van der Waals surface area contributed by atoms with Crippen molar-refractivity contribution < 1.29 is 32.7 Å². The number of alkyl halides is 2. The van der Waals surface area contributed by atoms with Gasteiger partial charge in [-0.2, -0.15) is 0 Å². The first-order valence-corrected chi connectivity index (χ1v) is 11.7. The molecule has 4 amide bonds. The molecule has 1 saturated heterocycles. The van der Waals surface area contributed by atoms with Crippen LogP contribution in [0, 0.1) is 5.41 Å². The number of carbonyl (C=O) groups excluding carboxylic acids is 4. The van der Waals surface area contributed by atoms with Crippen molar-refractivity contribution in [1.82, 2.24) is 20.9 Å². The molecule has 184 valence electrons. The molecule has 3 aliphatic carbocycles. The minimum Gasteiger partial charge on any atom is -0.378 e. The third kappa shape index (κ3) is 5.44. The summed E-state index contributed by atoms with van der Waals surface area (Å²) in [6.45, 7) is 3.57. The lowest BCUT2D eigenvalue weighted by Gasteiger charge is -2.47. The maximum Gasteiger partial charge on any atom is 0.318 e. The Balaban J connectivity index is 1.47. The van der Waals surface area contributed by atoms with E-state index in [0.717, 1.165) is 32.1 Å². The first kappa shape index (κ1) is 23.8. The zero-order valence-corrected chi connectivity index (χ0v) is 18.9. The number of amides is 4. The number of ether oxygens (including phenoxy) is 1. The van der Waals surface area contributed by atoms with E-state index in [1.54, 1.807) is 0 Å². The van der Waals surface area contributed by atoms with Crippen molar-refractivity contribution in [3.8, 4) is 0 Å². The number of carbonyl (C=O) groups is 4. The minimum atomic E-state index is -3.14. The van der Waals surface area contributed by atoms with E-state index in [-0.39, 0.29) is 11.5 Å². The summed E-state index contributed by atoms with van der Waals surface area (Å²) in [6, 6.07) is -1.56. The number of Topliss-reactive ketones (excluding diaryl/α,β-unsaturated/α-hetero) is 1. The molecule has 11 heteroatoms. The van der Waals surface area contributed by atoms with Gasteiger partial charge in [0.1, 0.15) is 11.6 Å². The summed E-state index contributed by atoms with van der Waals surface area (Å²) in [5.74, 6) is -5.86. The van der Waals surface area contributed by atoms with Gasteiger partial charge in [0.2, 0.25) is 11.7 Å². The summed E-state index contributed by atoms with van der Waals surface area (Å²) in [4.78, 5) is 52.7. The van der Waals surface area contributed by atoms with Gasteiger partial charge in [-0.25, -0.2) is 13.6 Å². The maximum atomic E-state index is 13.8. The van der Waals surface area contributed by atoms with Crippen molar-refractivity contribution in [2.24, 2.45) is 5.41 Å². The van der Waals surface area contributed by atoms with Crippen LogP contribution in [0.5, 0.6) is 0 Å². The molecule has 3 saturated carbocycles. The summed E-state index contributed by atoms with van der Waals surface area (Å²) in [7, 11) is 0. The normalized spacial score (nSPS) is 25.6. The fourth-order valence-electron chi connectivity index (χ4n) is 4.85. The highest BCUT2D eigenvalue weighted by molar-refractivity contribution is 6.40. The molecule has 0 spiro atoms. The third-order valence-electron chi connectivity index (χ3n) is 7.21. The minimum absolute atomic E-state index is 0.117. The van der Waals surface area contributed by atoms with Crippen LogP contribution >= 0.6 is 0 Å². The molecule has 0 bridgehead atoms. The molecule has 0 unspecified atom stereocenters. The van der Waals surface area contributed by atoms with Crippen LogP contribution in [-0.2, 0) is 19.1 Å². The number of ketones is 1. The van der Waals surface area contributed by atoms with E-state index in [2.05, 4.69) is 16.0 Å². The second-order valence-corrected chi connectivity index (χ2v) is 10.3. The molecule has 4 rings (SSSR count). The largest absolute Gasteiger partial charge is 0.378 e. The molecule has 9 nitrogen and oxygen atoms in total. The maximum absolute atomic E-state index is 13.8. The van der Waals surface area contributed by atoms with Gasteiger partial charge in [-0.3, -0.25) is 14.4 Å². The Morgan fingerprint density at radius 1 is 1.09 bits per heavy atom. The molecule has 4 fully saturated rings. The molecular formula is C22H32F2N4O5. The number of nitrogens with one attached hydrogen (secondary N) is 3. The van der Waals surface area contributed by atoms with Crippen LogP contribution in [0.25, 0.3) is 0 Å². The van der Waals surface area contributed by atoms with Gasteiger partial charge in [-0.1, -0.05) is 13.3 Å². The van der Waals surface area contributed by atoms with Crippen LogP contribution in [0.1, 0.15) is 58.3 Å². The summed E-state index contributed by atoms with van der Waals surface area (Å²) >= 11 is 0. The Labute approximate surface area is 191 Å². The number of hydrogen-bond donors (Lipinski definition) is 3. The molecule has 1 aliphatic heterocycles. The number of rotatable bonds is 8. The molecule has 33 heavy (non-hydrogen) atoms. The standard InChI is InChI=1S/C22H32F2N4O5/c1-20(5-2-6-20)11-15(26-19(32)28-7-9-33-10-8-28)17(30)27-21(12-22(23,24)13-21)16(29)18(31)25-14-3-4-14/h14-15H,2-13H2,1H3,(H,25,31)(H,26,32)(H,27,30)/t15-/m0/s1. The Bertz CT molecular complexity index is 814. The topological polar surface area (TPSA) is 117 Å². The van der Waals surface area contributed by atoms with Crippen molar-refractivity contribution in [2.75, 3.05) is 26.3 Å². The van der Waals surface area contributed by atoms with Gasteiger partial charge in [-0.05, 0) is 37.5 Å². The smallest absolute Gasteiger partial charge is 0.318 e. The van der Waals surface area contributed by atoms with Crippen molar-refractivity contribution in [3.05, 3.63) is 0 Å². The summed E-state index contributed by atoms with van der Waals surface area (Å²) in [5, 5.41) is 7.70. The van der Waals surface area contributed by atoms with Crippen molar-refractivity contribution >= 4 is 23.6 Å². The van der Waals surface area contributed by atoms with Gasteiger partial charge in [0.25, 0.3) is 11.8 Å². The fourth-order valence-corrected chi connectivity index (χ4v) is 4.85. The monoisotopic (exact) mass is 470 g/mol. The van der Waals surface area contributed by atoms with Crippen molar-refractivity contribution in [1.29, 1.82) is 0 Å². The predicted octanol–water partition coefficient (Wildman–Crippen LogP) is 1.11. The van der Waals surface area contributed by atoms with Gasteiger partial charge in [-0.15, -0.1) is 0 Å². The van der Waals surface area contributed by atoms with Crippen LogP contribution in [-0.4, -0.2) is 78.4 Å².